The maximum Gasteiger partial charge on any atom is 0.131 e. The van der Waals surface area contributed by atoms with Crippen LogP contribution in [0.4, 0.5) is 4.39 Å². The molecule has 1 saturated heterocycles. The lowest BCUT2D eigenvalue weighted by atomic mass is 9.85. The molecule has 1 heterocycles. The van der Waals surface area contributed by atoms with E-state index >= 15 is 0 Å². The lowest BCUT2D eigenvalue weighted by molar-refractivity contribution is 0.0538. The Bertz CT molecular complexity index is 596. The topological polar surface area (TPSA) is 47.3 Å². The summed E-state index contributed by atoms with van der Waals surface area (Å²) >= 11 is 0. The Balaban J connectivity index is 2.05. The van der Waals surface area contributed by atoms with E-state index < -0.39 is 0 Å². The standard InChI is InChI=1S/C16H19FN2O/c17-15-6-5-14(12-3-1-2-4-13(12)15)16(19-18)11-7-9-20-10-8-11/h1-6,11,16,19H,7-10,18H2. The van der Waals surface area contributed by atoms with Crippen LogP contribution in [0.2, 0.25) is 0 Å². The van der Waals surface area contributed by atoms with Crippen LogP contribution in [0, 0.1) is 11.7 Å². The van der Waals surface area contributed by atoms with Crippen LogP contribution >= 0.6 is 0 Å². The highest BCUT2D eigenvalue weighted by atomic mass is 19.1. The van der Waals surface area contributed by atoms with Crippen LogP contribution in [0.1, 0.15) is 24.4 Å². The third-order valence-corrected chi connectivity index (χ3v) is 4.16. The minimum atomic E-state index is -0.188. The molecule has 1 atom stereocenters. The number of ether oxygens (including phenoxy) is 1. The van der Waals surface area contributed by atoms with E-state index in [9.17, 15) is 4.39 Å². The third kappa shape index (κ3) is 2.42. The number of rotatable bonds is 3. The van der Waals surface area contributed by atoms with Gasteiger partial charge in [-0.3, -0.25) is 11.3 Å². The lowest BCUT2D eigenvalue weighted by Gasteiger charge is -2.30. The Morgan fingerprint density at radius 3 is 2.50 bits per heavy atom. The van der Waals surface area contributed by atoms with Gasteiger partial charge in [-0.2, -0.15) is 0 Å². The van der Waals surface area contributed by atoms with Crippen LogP contribution in [-0.2, 0) is 4.74 Å². The van der Waals surface area contributed by atoms with Crippen molar-refractivity contribution in [2.24, 2.45) is 11.8 Å². The largest absolute Gasteiger partial charge is 0.381 e. The first kappa shape index (κ1) is 13.5. The number of fused-ring (bicyclic) bond motifs is 1. The summed E-state index contributed by atoms with van der Waals surface area (Å²) in [6.07, 6.45) is 1.95. The number of hydrogen-bond donors (Lipinski definition) is 2. The van der Waals surface area contributed by atoms with Crippen molar-refractivity contribution in [1.82, 2.24) is 5.43 Å². The van der Waals surface area contributed by atoms with Crippen molar-refractivity contribution in [3.63, 3.8) is 0 Å². The first-order valence-corrected chi connectivity index (χ1v) is 7.02. The van der Waals surface area contributed by atoms with Gasteiger partial charge in [-0.25, -0.2) is 4.39 Å². The van der Waals surface area contributed by atoms with Crippen molar-refractivity contribution in [2.75, 3.05) is 13.2 Å². The van der Waals surface area contributed by atoms with Crippen molar-refractivity contribution >= 4 is 10.8 Å². The zero-order valence-corrected chi connectivity index (χ0v) is 11.3. The summed E-state index contributed by atoms with van der Waals surface area (Å²) in [5.41, 5.74) is 3.99. The van der Waals surface area contributed by atoms with Gasteiger partial charge in [0, 0.05) is 24.6 Å². The summed E-state index contributed by atoms with van der Waals surface area (Å²) in [7, 11) is 0. The molecule has 1 unspecified atom stereocenters. The van der Waals surface area contributed by atoms with Gasteiger partial charge in [0.1, 0.15) is 5.82 Å². The molecule has 0 aliphatic carbocycles. The smallest absolute Gasteiger partial charge is 0.131 e. The maximum absolute atomic E-state index is 13.9. The van der Waals surface area contributed by atoms with Gasteiger partial charge < -0.3 is 4.74 Å². The van der Waals surface area contributed by atoms with E-state index in [1.165, 1.54) is 6.07 Å². The van der Waals surface area contributed by atoms with Crippen LogP contribution in [-0.4, -0.2) is 13.2 Å². The van der Waals surface area contributed by atoms with Crippen LogP contribution in [0.15, 0.2) is 36.4 Å². The first-order chi connectivity index (χ1) is 9.81. The molecule has 0 radical (unpaired) electrons. The second-order valence-electron chi connectivity index (χ2n) is 5.28. The SMILES string of the molecule is NNC(c1ccc(F)c2ccccc12)C1CCOCC1. The average Bonchev–Trinajstić information content (AvgIpc) is 2.52. The fraction of sp³-hybridized carbons (Fsp3) is 0.375. The molecule has 0 amide bonds. The van der Waals surface area contributed by atoms with Crippen molar-refractivity contribution < 1.29 is 9.13 Å². The molecule has 0 spiro atoms. The summed E-state index contributed by atoms with van der Waals surface area (Å²) in [6.45, 7) is 1.53. The monoisotopic (exact) mass is 274 g/mol. The Hall–Kier alpha value is -1.49. The van der Waals surface area contributed by atoms with E-state index in [0.29, 0.717) is 11.3 Å². The first-order valence-electron chi connectivity index (χ1n) is 7.02. The van der Waals surface area contributed by atoms with Crippen LogP contribution in [0.5, 0.6) is 0 Å². The summed E-state index contributed by atoms with van der Waals surface area (Å²) in [5.74, 6) is 6.01. The van der Waals surface area contributed by atoms with E-state index in [1.54, 1.807) is 0 Å². The van der Waals surface area contributed by atoms with Gasteiger partial charge >= 0.3 is 0 Å². The quantitative estimate of drug-likeness (QED) is 0.668. The molecule has 1 fully saturated rings. The maximum atomic E-state index is 13.9. The van der Waals surface area contributed by atoms with Gasteiger partial charge in [0.05, 0.1) is 0 Å². The van der Waals surface area contributed by atoms with Crippen molar-refractivity contribution in [1.29, 1.82) is 0 Å². The number of hydrazine groups is 1. The van der Waals surface area contributed by atoms with Crippen molar-refractivity contribution in [3.05, 3.63) is 47.8 Å². The number of nitrogens with one attached hydrogen (secondary N) is 1. The lowest BCUT2D eigenvalue weighted by Crippen LogP contribution is -2.36. The Kier molecular flexibility index (Phi) is 3.96. The van der Waals surface area contributed by atoms with Crippen LogP contribution < -0.4 is 11.3 Å². The fourth-order valence-electron chi connectivity index (χ4n) is 3.09. The number of nitrogens with two attached hydrogens (primary N) is 1. The van der Waals surface area contributed by atoms with Crippen LogP contribution in [0.25, 0.3) is 10.8 Å². The number of benzene rings is 2. The highest BCUT2D eigenvalue weighted by molar-refractivity contribution is 5.86. The zero-order valence-electron chi connectivity index (χ0n) is 11.3. The normalized spacial score (nSPS) is 18.3. The number of hydrogen-bond acceptors (Lipinski definition) is 3. The Morgan fingerprint density at radius 1 is 1.10 bits per heavy atom. The zero-order chi connectivity index (χ0) is 13.9. The Labute approximate surface area is 117 Å². The molecule has 1 aliphatic rings. The molecule has 3 N–H and O–H groups in total. The second-order valence-corrected chi connectivity index (χ2v) is 5.28. The van der Waals surface area contributed by atoms with Crippen molar-refractivity contribution in [3.8, 4) is 0 Å². The van der Waals surface area contributed by atoms with Gasteiger partial charge in [0.25, 0.3) is 0 Å². The molecule has 0 aromatic heterocycles. The molecule has 1 aliphatic heterocycles. The molecule has 4 heteroatoms. The van der Waals surface area contributed by atoms with Gasteiger partial charge in [-0.15, -0.1) is 0 Å². The Morgan fingerprint density at radius 2 is 1.80 bits per heavy atom. The minimum absolute atomic E-state index is 0.0319. The summed E-state index contributed by atoms with van der Waals surface area (Å²) in [5, 5.41) is 1.58. The second kappa shape index (κ2) is 5.87. The molecule has 0 bridgehead atoms. The molecule has 2 aromatic carbocycles. The highest BCUT2D eigenvalue weighted by Crippen LogP contribution is 2.34. The molecule has 3 nitrogen and oxygen atoms in total. The predicted molar refractivity (Wildman–Crippen MR) is 77.5 cm³/mol. The summed E-state index contributed by atoms with van der Waals surface area (Å²) < 4.78 is 19.3. The molecule has 3 rings (SSSR count). The van der Waals surface area contributed by atoms with E-state index in [2.05, 4.69) is 5.43 Å². The third-order valence-electron chi connectivity index (χ3n) is 4.16. The number of halogens is 1. The average molecular weight is 274 g/mol. The van der Waals surface area contributed by atoms with Gasteiger partial charge in [0.15, 0.2) is 0 Å². The van der Waals surface area contributed by atoms with E-state index in [0.717, 1.165) is 37.0 Å². The van der Waals surface area contributed by atoms with Crippen LogP contribution in [0.3, 0.4) is 0 Å². The molecular weight excluding hydrogens is 255 g/mol. The molecule has 20 heavy (non-hydrogen) atoms. The molecule has 106 valence electrons. The molecular formula is C16H19FN2O. The predicted octanol–water partition coefficient (Wildman–Crippen LogP) is 2.91. The fourth-order valence-corrected chi connectivity index (χ4v) is 3.09. The molecule has 2 aromatic rings. The summed E-state index contributed by atoms with van der Waals surface area (Å²) in [4.78, 5) is 0. The van der Waals surface area contributed by atoms with Gasteiger partial charge in [-0.1, -0.05) is 30.3 Å². The van der Waals surface area contributed by atoms with E-state index in [-0.39, 0.29) is 11.9 Å². The van der Waals surface area contributed by atoms with E-state index in [1.807, 2.05) is 30.3 Å². The van der Waals surface area contributed by atoms with Gasteiger partial charge in [-0.05, 0) is 35.8 Å². The minimum Gasteiger partial charge on any atom is -0.381 e. The summed E-state index contributed by atoms with van der Waals surface area (Å²) in [6, 6.07) is 11.0. The highest BCUT2D eigenvalue weighted by Gasteiger charge is 2.26. The van der Waals surface area contributed by atoms with E-state index in [4.69, 9.17) is 10.6 Å². The van der Waals surface area contributed by atoms with Gasteiger partial charge in [0.2, 0.25) is 0 Å². The van der Waals surface area contributed by atoms with Crippen molar-refractivity contribution in [2.45, 2.75) is 18.9 Å². The molecule has 0 saturated carbocycles.